The minimum Gasteiger partial charge on any atom is -0.494 e. The Morgan fingerprint density at radius 1 is 1.23 bits per heavy atom. The first-order chi connectivity index (χ1) is 10.7. The zero-order valence-electron chi connectivity index (χ0n) is 12.6. The summed E-state index contributed by atoms with van der Waals surface area (Å²) in [4.78, 5) is 12.1. The third-order valence-electron chi connectivity index (χ3n) is 3.22. The number of thiophene rings is 1. The smallest absolute Gasteiger partial charge is 0.337 e. The summed E-state index contributed by atoms with van der Waals surface area (Å²) in [5.41, 5.74) is 1.17. The van der Waals surface area contributed by atoms with Crippen LogP contribution in [0.5, 0.6) is 5.75 Å². The first-order valence-electron chi connectivity index (χ1n) is 7.42. The number of unbranched alkanes of at least 4 members (excludes halogenated alkanes) is 2. The van der Waals surface area contributed by atoms with E-state index in [1.165, 1.54) is 24.2 Å². The maximum absolute atomic E-state index is 11.4. The van der Waals surface area contributed by atoms with Crippen molar-refractivity contribution in [3.8, 4) is 5.75 Å². The maximum atomic E-state index is 11.4. The molecule has 0 aliphatic heterocycles. The summed E-state index contributed by atoms with van der Waals surface area (Å²) >= 11 is 1.42. The van der Waals surface area contributed by atoms with E-state index in [1.54, 1.807) is 6.08 Å². The molecule has 1 aromatic heterocycles. The van der Waals surface area contributed by atoms with E-state index in [4.69, 9.17) is 4.74 Å². The molecule has 0 radical (unpaired) electrons. The predicted molar refractivity (Wildman–Crippen MR) is 91.3 cm³/mol. The van der Waals surface area contributed by atoms with Crippen molar-refractivity contribution in [2.45, 2.75) is 26.2 Å². The maximum Gasteiger partial charge on any atom is 0.337 e. The Kier molecular flexibility index (Phi) is 6.22. The summed E-state index contributed by atoms with van der Waals surface area (Å²) < 4.78 is 5.65. The van der Waals surface area contributed by atoms with E-state index >= 15 is 0 Å². The van der Waals surface area contributed by atoms with Crippen molar-refractivity contribution in [2.75, 3.05) is 6.61 Å². The van der Waals surface area contributed by atoms with Crippen molar-refractivity contribution < 1.29 is 14.6 Å². The molecule has 0 unspecified atom stereocenters. The average molecular weight is 316 g/mol. The van der Waals surface area contributed by atoms with E-state index in [9.17, 15) is 9.90 Å². The Morgan fingerprint density at radius 3 is 2.59 bits per heavy atom. The normalized spacial score (nSPS) is 11.4. The Labute approximate surface area is 134 Å². The lowest BCUT2D eigenvalue weighted by atomic mass is 10.1. The van der Waals surface area contributed by atoms with Crippen LogP contribution < -0.4 is 4.74 Å². The van der Waals surface area contributed by atoms with Crippen molar-refractivity contribution in [3.63, 3.8) is 0 Å². The number of benzene rings is 1. The lowest BCUT2D eigenvalue weighted by Crippen LogP contribution is -1.98. The van der Waals surface area contributed by atoms with Gasteiger partial charge < -0.3 is 9.84 Å². The van der Waals surface area contributed by atoms with E-state index in [-0.39, 0.29) is 0 Å². The fraction of sp³-hybridized carbons (Fsp3) is 0.278. The van der Waals surface area contributed by atoms with E-state index in [1.807, 2.05) is 41.8 Å². The van der Waals surface area contributed by atoms with E-state index < -0.39 is 5.97 Å². The second-order valence-corrected chi connectivity index (χ2v) is 5.91. The number of rotatable bonds is 8. The minimum absolute atomic E-state index is 0.312. The molecule has 3 nitrogen and oxygen atoms in total. The molecule has 4 heteroatoms. The predicted octanol–water partition coefficient (Wildman–Crippen LogP) is 4.94. The number of carbonyl (C=O) groups is 1. The van der Waals surface area contributed by atoms with Crippen LogP contribution in [0.2, 0.25) is 0 Å². The highest BCUT2D eigenvalue weighted by molar-refractivity contribution is 7.11. The largest absolute Gasteiger partial charge is 0.494 e. The highest BCUT2D eigenvalue weighted by Gasteiger charge is 2.11. The molecule has 1 heterocycles. The molecule has 0 saturated carbocycles. The van der Waals surface area contributed by atoms with Crippen LogP contribution in [0.15, 0.2) is 41.8 Å². The summed E-state index contributed by atoms with van der Waals surface area (Å²) in [6.45, 7) is 2.88. The monoisotopic (exact) mass is 316 g/mol. The average Bonchev–Trinajstić information content (AvgIpc) is 3.04. The van der Waals surface area contributed by atoms with Crippen LogP contribution in [-0.2, 0) is 4.79 Å². The molecule has 0 amide bonds. The molecule has 1 N–H and O–H groups in total. The molecule has 0 aliphatic rings. The molecule has 2 aromatic rings. The summed E-state index contributed by atoms with van der Waals surface area (Å²) in [6.07, 6.45) is 5.09. The summed E-state index contributed by atoms with van der Waals surface area (Å²) in [5, 5.41) is 11.2. The topological polar surface area (TPSA) is 46.5 Å². The quantitative estimate of drug-likeness (QED) is 0.554. The van der Waals surface area contributed by atoms with Crippen LogP contribution >= 0.6 is 11.3 Å². The van der Waals surface area contributed by atoms with Crippen LogP contribution in [0, 0.1) is 0 Å². The molecular weight excluding hydrogens is 296 g/mol. The molecule has 0 fully saturated rings. The molecule has 0 atom stereocenters. The summed E-state index contributed by atoms with van der Waals surface area (Å²) in [5.74, 6) is -0.0939. The number of ether oxygens (including phenoxy) is 1. The minimum atomic E-state index is -0.914. The second kappa shape index (κ2) is 8.39. The molecule has 0 saturated heterocycles. The summed E-state index contributed by atoms with van der Waals surface area (Å²) in [7, 11) is 0. The molecule has 0 spiro atoms. The van der Waals surface area contributed by atoms with Crippen LogP contribution in [0.3, 0.4) is 0 Å². The zero-order chi connectivity index (χ0) is 15.8. The van der Waals surface area contributed by atoms with Crippen molar-refractivity contribution in [3.05, 3.63) is 52.2 Å². The van der Waals surface area contributed by atoms with E-state index in [0.717, 1.165) is 29.2 Å². The van der Waals surface area contributed by atoms with Gasteiger partial charge in [0, 0.05) is 4.88 Å². The van der Waals surface area contributed by atoms with Gasteiger partial charge in [0.15, 0.2) is 0 Å². The number of carboxylic acid groups (broad SMARTS) is 1. The third kappa shape index (κ3) is 4.74. The van der Waals surface area contributed by atoms with Crippen LogP contribution in [-0.4, -0.2) is 17.7 Å². The van der Waals surface area contributed by atoms with Crippen molar-refractivity contribution >= 4 is 29.0 Å². The van der Waals surface area contributed by atoms with Gasteiger partial charge in [-0.1, -0.05) is 38.0 Å². The van der Waals surface area contributed by atoms with Gasteiger partial charge in [0.1, 0.15) is 5.75 Å². The summed E-state index contributed by atoms with van der Waals surface area (Å²) in [6, 6.07) is 11.2. The highest BCUT2D eigenvalue weighted by atomic mass is 32.1. The van der Waals surface area contributed by atoms with Gasteiger partial charge in [-0.3, -0.25) is 0 Å². The SMILES string of the molecule is CCCCCOc1ccc(/C=C(\C(=O)O)c2cccs2)cc1. The number of hydrogen-bond acceptors (Lipinski definition) is 3. The standard InChI is InChI=1S/C18H20O3S/c1-2-3-4-11-21-15-9-7-14(8-10-15)13-16(18(19)20)17-6-5-12-22-17/h5-10,12-13H,2-4,11H2,1H3,(H,19,20)/b16-13-. The number of aliphatic carboxylic acids is 1. The fourth-order valence-corrected chi connectivity index (χ4v) is 2.77. The van der Waals surface area contributed by atoms with Gasteiger partial charge in [0.2, 0.25) is 0 Å². The lowest BCUT2D eigenvalue weighted by molar-refractivity contribution is -0.130. The molecule has 116 valence electrons. The molecular formula is C18H20O3S. The van der Waals surface area contributed by atoms with Crippen molar-refractivity contribution in [1.29, 1.82) is 0 Å². The number of hydrogen-bond donors (Lipinski definition) is 1. The Bertz CT molecular complexity index is 612. The van der Waals surface area contributed by atoms with Gasteiger partial charge in [-0.25, -0.2) is 4.79 Å². The van der Waals surface area contributed by atoms with Gasteiger partial charge in [-0.15, -0.1) is 11.3 Å². The Morgan fingerprint density at radius 2 is 2.00 bits per heavy atom. The molecule has 22 heavy (non-hydrogen) atoms. The highest BCUT2D eigenvalue weighted by Crippen LogP contribution is 2.24. The fourth-order valence-electron chi connectivity index (χ4n) is 2.04. The number of carboxylic acids is 1. The van der Waals surface area contributed by atoms with E-state index in [0.29, 0.717) is 5.57 Å². The zero-order valence-corrected chi connectivity index (χ0v) is 13.4. The molecule has 0 aliphatic carbocycles. The lowest BCUT2D eigenvalue weighted by Gasteiger charge is -2.06. The van der Waals surface area contributed by atoms with Gasteiger partial charge in [0.05, 0.1) is 12.2 Å². The van der Waals surface area contributed by atoms with Crippen LogP contribution in [0.1, 0.15) is 36.6 Å². The Balaban J connectivity index is 2.06. The van der Waals surface area contributed by atoms with Crippen LogP contribution in [0.4, 0.5) is 0 Å². The first-order valence-corrected chi connectivity index (χ1v) is 8.30. The third-order valence-corrected chi connectivity index (χ3v) is 4.13. The Hall–Kier alpha value is -2.07. The molecule has 2 rings (SSSR count). The first kappa shape index (κ1) is 16.3. The van der Waals surface area contributed by atoms with Gasteiger partial charge in [-0.05, 0) is 41.6 Å². The second-order valence-electron chi connectivity index (χ2n) is 4.97. The van der Waals surface area contributed by atoms with Gasteiger partial charge in [0.25, 0.3) is 0 Å². The van der Waals surface area contributed by atoms with Gasteiger partial charge in [-0.2, -0.15) is 0 Å². The van der Waals surface area contributed by atoms with E-state index in [2.05, 4.69) is 6.92 Å². The van der Waals surface area contributed by atoms with Crippen molar-refractivity contribution in [2.24, 2.45) is 0 Å². The van der Waals surface area contributed by atoms with Crippen LogP contribution in [0.25, 0.3) is 11.6 Å². The molecule has 1 aromatic carbocycles. The van der Waals surface area contributed by atoms with Crippen molar-refractivity contribution in [1.82, 2.24) is 0 Å². The van der Waals surface area contributed by atoms with Gasteiger partial charge >= 0.3 is 5.97 Å². The molecule has 0 bridgehead atoms.